The number of aliphatic hydroxyl groups is 1. The molecule has 392 valence electrons. The summed E-state index contributed by atoms with van der Waals surface area (Å²) in [6.45, 7) is 18.7. The van der Waals surface area contributed by atoms with Crippen molar-refractivity contribution in [3.8, 4) is 22.4 Å². The fourth-order valence-corrected chi connectivity index (χ4v) is 11.5. The number of nitrogens with one attached hydrogen (secondary N) is 2. The predicted octanol–water partition coefficient (Wildman–Crippen LogP) is 6.19. The number of rotatable bonds is 11. The molecular weight excluding hydrogens is 925 g/mol. The highest BCUT2D eigenvalue weighted by atomic mass is 16.5. The number of pyridine rings is 1. The van der Waals surface area contributed by atoms with Gasteiger partial charge in [0.15, 0.2) is 5.60 Å². The van der Waals surface area contributed by atoms with Crippen molar-refractivity contribution < 1.29 is 38.6 Å². The molecule has 16 nitrogen and oxygen atoms in total. The van der Waals surface area contributed by atoms with Crippen LogP contribution in [0.15, 0.2) is 67.4 Å². The van der Waals surface area contributed by atoms with Crippen molar-refractivity contribution in [2.45, 2.75) is 129 Å². The fourth-order valence-electron chi connectivity index (χ4n) is 11.5. The lowest BCUT2D eigenvalue weighted by atomic mass is 9.83. The minimum absolute atomic E-state index is 0.000149. The third-order valence-corrected chi connectivity index (χ3v) is 15.7. The summed E-state index contributed by atoms with van der Waals surface area (Å²) in [5.41, 5.74) is 9.81. The Hall–Kier alpha value is -5.94. The minimum Gasteiger partial charge on any atom is -0.464 e. The molecule has 3 N–H and O–H groups in total. The molecule has 4 aliphatic heterocycles. The number of hydrogen-bond acceptors (Lipinski definition) is 11. The first-order chi connectivity index (χ1) is 34.8. The van der Waals surface area contributed by atoms with E-state index in [1.165, 1.54) is 27.4 Å². The molecule has 4 aliphatic rings. The first kappa shape index (κ1) is 53.4. The molecule has 0 unspecified atom stereocenters. The van der Waals surface area contributed by atoms with Gasteiger partial charge in [-0.15, -0.1) is 0 Å². The van der Waals surface area contributed by atoms with E-state index < -0.39 is 64.7 Å². The average molecular weight is 1000 g/mol. The Morgan fingerprint density at radius 3 is 2.48 bits per heavy atom. The van der Waals surface area contributed by atoms with E-state index in [4.69, 9.17) is 14.5 Å². The molecule has 4 aromatic rings. The summed E-state index contributed by atoms with van der Waals surface area (Å²) >= 11 is 0. The molecule has 73 heavy (non-hydrogen) atoms. The van der Waals surface area contributed by atoms with Crippen LogP contribution in [0, 0.1) is 11.3 Å². The van der Waals surface area contributed by atoms with E-state index in [2.05, 4.69) is 91.0 Å². The Morgan fingerprint density at radius 1 is 1.04 bits per heavy atom. The van der Waals surface area contributed by atoms with Crippen molar-refractivity contribution in [1.29, 1.82) is 0 Å². The number of benzene rings is 2. The summed E-state index contributed by atoms with van der Waals surface area (Å²) in [5.74, 6) is -2.65. The smallest absolute Gasteiger partial charge is 0.324 e. The molecule has 0 radical (unpaired) electrons. The third kappa shape index (κ3) is 11.1. The van der Waals surface area contributed by atoms with E-state index >= 15 is 0 Å². The number of nitrogens with zero attached hydrogens (tertiary/aromatic N) is 6. The second-order valence-corrected chi connectivity index (χ2v) is 22.0. The zero-order valence-corrected chi connectivity index (χ0v) is 44.3. The average Bonchev–Trinajstić information content (AvgIpc) is 3.94. The number of aromatic nitrogens is 2. The predicted molar refractivity (Wildman–Crippen MR) is 281 cm³/mol. The van der Waals surface area contributed by atoms with Crippen LogP contribution in [0.4, 0.5) is 0 Å². The maximum absolute atomic E-state index is 14.8. The monoisotopic (exact) mass is 1000 g/mol. The molecule has 16 heteroatoms. The van der Waals surface area contributed by atoms with Gasteiger partial charge < -0.3 is 39.2 Å². The van der Waals surface area contributed by atoms with Crippen LogP contribution in [0.25, 0.3) is 33.3 Å². The molecule has 4 amide bonds. The summed E-state index contributed by atoms with van der Waals surface area (Å²) < 4.78 is 14.6. The second kappa shape index (κ2) is 21.9. The van der Waals surface area contributed by atoms with Crippen molar-refractivity contribution >= 4 is 40.5 Å². The van der Waals surface area contributed by atoms with Crippen LogP contribution in [0.1, 0.15) is 108 Å². The summed E-state index contributed by atoms with van der Waals surface area (Å²) in [4.78, 5) is 80.2. The molecule has 8 rings (SSSR count). The Balaban J connectivity index is 1.21. The van der Waals surface area contributed by atoms with E-state index in [9.17, 15) is 29.1 Å². The van der Waals surface area contributed by atoms with E-state index in [1.807, 2.05) is 25.3 Å². The van der Waals surface area contributed by atoms with Gasteiger partial charge in [-0.3, -0.25) is 34.0 Å². The largest absolute Gasteiger partial charge is 0.464 e. The van der Waals surface area contributed by atoms with Crippen LogP contribution in [-0.4, -0.2) is 148 Å². The summed E-state index contributed by atoms with van der Waals surface area (Å²) in [5, 5.41) is 17.0. The van der Waals surface area contributed by atoms with Crippen LogP contribution < -0.4 is 10.7 Å². The number of cyclic esters (lactones) is 1. The van der Waals surface area contributed by atoms with Gasteiger partial charge in [-0.25, -0.2) is 5.43 Å². The first-order valence-corrected chi connectivity index (χ1v) is 26.2. The highest BCUT2D eigenvalue weighted by Crippen LogP contribution is 2.43. The molecule has 5 atom stereocenters. The lowest BCUT2D eigenvalue weighted by Gasteiger charge is -2.37. The maximum Gasteiger partial charge on any atom is 0.324 e. The Kier molecular flexibility index (Phi) is 16.0. The number of carbonyl (C=O) groups excluding carboxylic acids is 5. The van der Waals surface area contributed by atoms with E-state index in [0.717, 1.165) is 82.1 Å². The topological polar surface area (TPSA) is 179 Å². The number of likely N-dealkylation sites (N-methyl/N-ethyl adjacent to an activating group) is 1. The third-order valence-electron chi connectivity index (χ3n) is 15.7. The second-order valence-electron chi connectivity index (χ2n) is 22.0. The number of piperidine rings is 1. The molecule has 0 spiro atoms. The van der Waals surface area contributed by atoms with Crippen molar-refractivity contribution in [2.75, 3.05) is 60.5 Å². The van der Waals surface area contributed by atoms with Gasteiger partial charge in [-0.1, -0.05) is 64.6 Å². The number of aryl methyl sites for hydroxylation is 1. The van der Waals surface area contributed by atoms with Crippen LogP contribution in [0.2, 0.25) is 0 Å². The van der Waals surface area contributed by atoms with Crippen LogP contribution in [-0.2, 0) is 52.8 Å². The van der Waals surface area contributed by atoms with Gasteiger partial charge in [0, 0.05) is 74.7 Å². The zero-order chi connectivity index (χ0) is 52.5. The Labute approximate surface area is 430 Å². The SMILES string of the molecule is C=CC(=O)N1CC[C@](O)(C(=O)N(C)[C@H](C(=O)N[C@H]2Cc3cccc(c3)-c3ccc4c(c3)c(c(-c3cc(C5CCN(C)CC5)cnc3[C@H](C)OC)n4CC)CC(C)(C)COC(=O)[C@@H]3CCCN(N3)C2=O)C(C)C)C1. The molecule has 6 bridgehead atoms. The number of methoxy groups -OCH3 is 1. The van der Waals surface area contributed by atoms with Crippen LogP contribution in [0.3, 0.4) is 0 Å². The van der Waals surface area contributed by atoms with Gasteiger partial charge in [-0.2, -0.15) is 0 Å². The molecule has 3 saturated heterocycles. The van der Waals surface area contributed by atoms with Crippen molar-refractivity contribution in [1.82, 2.24) is 40.0 Å². The number of ether oxygens (including phenoxy) is 2. The highest BCUT2D eigenvalue weighted by molar-refractivity contribution is 5.97. The molecule has 2 aromatic carbocycles. The number of carbonyl (C=O) groups is 5. The van der Waals surface area contributed by atoms with E-state index in [1.54, 1.807) is 21.0 Å². The number of likely N-dealkylation sites (tertiary alicyclic amines) is 2. The number of hydrogen-bond donors (Lipinski definition) is 3. The number of amides is 4. The summed E-state index contributed by atoms with van der Waals surface area (Å²) in [7, 11) is 5.36. The van der Waals surface area contributed by atoms with Crippen LogP contribution in [0.5, 0.6) is 0 Å². The molecule has 2 aromatic heterocycles. The van der Waals surface area contributed by atoms with Gasteiger partial charge in [0.25, 0.3) is 11.8 Å². The zero-order valence-electron chi connectivity index (χ0n) is 44.3. The minimum atomic E-state index is -1.90. The lowest BCUT2D eigenvalue weighted by Crippen LogP contribution is -2.63. The van der Waals surface area contributed by atoms with Crippen molar-refractivity contribution in [3.05, 3.63) is 89.8 Å². The highest BCUT2D eigenvalue weighted by Gasteiger charge is 2.48. The fraction of sp³-hybridized carbons (Fsp3) is 0.544. The van der Waals surface area contributed by atoms with Crippen LogP contribution >= 0.6 is 0 Å². The molecule has 0 aliphatic carbocycles. The van der Waals surface area contributed by atoms with Crippen molar-refractivity contribution in [2.24, 2.45) is 11.3 Å². The Morgan fingerprint density at radius 2 is 1.78 bits per heavy atom. The number of β-amino-alcohol motifs (C(OH)–C–C–N with tert-alkyl or cyclic N) is 1. The summed E-state index contributed by atoms with van der Waals surface area (Å²) in [6, 6.07) is 13.9. The maximum atomic E-state index is 14.8. The molecule has 6 heterocycles. The Bertz CT molecular complexity index is 2740. The standard InChI is InChI=1S/C57H76N8O8/c1-11-48(66)63-26-22-57(71,33-63)55(70)62(9)50(35(3)4)52(67)59-46-28-37-15-13-16-39(27-37)40-18-19-47-42(29-40)44(31-56(6,7)34-73-54(69)45-17-14-23-65(60-45)53(46)68)51(64(47)12-2)43-30-41(32-58-49(43)36(5)72-10)38-20-24-61(8)25-21-38/h11,13,15-16,18-19,27,29-30,32,35-36,38,45-46,50,60,71H,1,12,14,17,20-26,28,31,33-34H2,2-10H3,(H,59,67)/t36-,45-,46-,50-,57+/m0/s1. The van der Waals surface area contributed by atoms with Gasteiger partial charge in [0.05, 0.1) is 30.6 Å². The molecular formula is C57H76N8O8. The lowest BCUT2D eigenvalue weighted by molar-refractivity contribution is -0.156. The van der Waals surface area contributed by atoms with E-state index in [0.29, 0.717) is 31.7 Å². The van der Waals surface area contributed by atoms with Crippen molar-refractivity contribution in [3.63, 3.8) is 0 Å². The van der Waals surface area contributed by atoms with Gasteiger partial charge in [0.2, 0.25) is 11.8 Å². The number of fused-ring (bicyclic) bond motifs is 6. The van der Waals surface area contributed by atoms with Gasteiger partial charge in [0.1, 0.15) is 18.1 Å². The van der Waals surface area contributed by atoms with Gasteiger partial charge >= 0.3 is 5.97 Å². The molecule has 0 saturated carbocycles. The van der Waals surface area contributed by atoms with E-state index in [-0.39, 0.29) is 45.2 Å². The first-order valence-electron chi connectivity index (χ1n) is 26.2. The number of esters is 1. The molecule has 3 fully saturated rings. The summed E-state index contributed by atoms with van der Waals surface area (Å²) in [6.07, 6.45) is 6.65. The number of hydrazine groups is 1. The normalized spacial score (nSPS) is 22.9. The quantitative estimate of drug-likeness (QED) is 0.115. The van der Waals surface area contributed by atoms with Gasteiger partial charge in [-0.05, 0) is 130 Å².